The Morgan fingerprint density at radius 1 is 0.957 bits per heavy atom. The molecule has 0 aliphatic carbocycles. The summed E-state index contributed by atoms with van der Waals surface area (Å²) < 4.78 is 23.0. The normalized spacial score (nSPS) is 9.96. The lowest BCUT2D eigenvalue weighted by Gasteiger charge is -2.09. The third-order valence-electron chi connectivity index (χ3n) is 2.90. The molecule has 1 amide bonds. The van der Waals surface area contributed by atoms with Gasteiger partial charge in [0.1, 0.15) is 24.8 Å². The lowest BCUT2D eigenvalue weighted by Crippen LogP contribution is -2.30. The Hall–Kier alpha value is -2.76. The molecule has 5 nitrogen and oxygen atoms in total. The molecule has 2 aromatic rings. The lowest BCUT2D eigenvalue weighted by molar-refractivity contribution is 0.125. The smallest absolute Gasteiger partial charge is 0.407 e. The molecule has 2 aromatic carbocycles. The highest BCUT2D eigenvalue weighted by atomic mass is 19.1. The van der Waals surface area contributed by atoms with Crippen molar-refractivity contribution >= 4 is 11.8 Å². The number of hydrogen-bond donors (Lipinski definition) is 2. The van der Waals surface area contributed by atoms with Gasteiger partial charge in [-0.25, -0.2) is 9.18 Å². The second-order valence-corrected chi connectivity index (χ2v) is 4.66. The number of ether oxygens (including phenoxy) is 2. The van der Waals surface area contributed by atoms with E-state index < -0.39 is 6.09 Å². The van der Waals surface area contributed by atoms with Gasteiger partial charge in [0.2, 0.25) is 0 Å². The molecule has 0 saturated carbocycles. The van der Waals surface area contributed by atoms with Gasteiger partial charge in [0, 0.05) is 18.8 Å². The highest BCUT2D eigenvalue weighted by molar-refractivity contribution is 5.67. The number of rotatable bonds is 8. The van der Waals surface area contributed by atoms with Crippen molar-refractivity contribution in [3.05, 3.63) is 60.4 Å². The molecule has 0 radical (unpaired) electrons. The summed E-state index contributed by atoms with van der Waals surface area (Å²) in [6.07, 6.45) is -0.498. The second-order valence-electron chi connectivity index (χ2n) is 4.66. The first kappa shape index (κ1) is 16.6. The van der Waals surface area contributed by atoms with E-state index in [4.69, 9.17) is 9.47 Å². The summed E-state index contributed by atoms with van der Waals surface area (Å²) in [5, 5.41) is 5.80. The molecule has 23 heavy (non-hydrogen) atoms. The van der Waals surface area contributed by atoms with Crippen molar-refractivity contribution < 1.29 is 18.7 Å². The lowest BCUT2D eigenvalue weighted by atomic mass is 10.3. The summed E-state index contributed by atoms with van der Waals surface area (Å²) in [4.78, 5) is 11.4. The number of para-hydroxylation sites is 1. The largest absolute Gasteiger partial charge is 0.490 e. The summed E-state index contributed by atoms with van der Waals surface area (Å²) in [5.41, 5.74) is 0.996. The SMILES string of the molecule is O=C(NCCNc1ccccc1)OCCOc1ccc(F)cc1. The van der Waals surface area contributed by atoms with Gasteiger partial charge < -0.3 is 20.1 Å². The van der Waals surface area contributed by atoms with Gasteiger partial charge in [0.15, 0.2) is 0 Å². The highest BCUT2D eigenvalue weighted by Gasteiger charge is 2.01. The van der Waals surface area contributed by atoms with E-state index >= 15 is 0 Å². The number of benzene rings is 2. The Morgan fingerprint density at radius 3 is 2.43 bits per heavy atom. The standard InChI is InChI=1S/C17H19FN2O3/c18-14-6-8-16(9-7-14)22-12-13-23-17(21)20-11-10-19-15-4-2-1-3-5-15/h1-9,19H,10-13H2,(H,20,21). The van der Waals surface area contributed by atoms with Crippen molar-refractivity contribution in [2.24, 2.45) is 0 Å². The molecular weight excluding hydrogens is 299 g/mol. The van der Waals surface area contributed by atoms with Gasteiger partial charge in [-0.15, -0.1) is 0 Å². The van der Waals surface area contributed by atoms with Crippen molar-refractivity contribution in [2.75, 3.05) is 31.6 Å². The van der Waals surface area contributed by atoms with E-state index in [-0.39, 0.29) is 19.0 Å². The summed E-state index contributed by atoms with van der Waals surface area (Å²) in [5.74, 6) is 0.208. The molecule has 0 spiro atoms. The molecule has 0 aliphatic rings. The van der Waals surface area contributed by atoms with E-state index in [1.54, 1.807) is 0 Å². The first-order valence-corrected chi connectivity index (χ1v) is 7.32. The van der Waals surface area contributed by atoms with E-state index in [1.165, 1.54) is 24.3 Å². The van der Waals surface area contributed by atoms with Gasteiger partial charge in [-0.1, -0.05) is 18.2 Å². The Balaban J connectivity index is 1.51. The monoisotopic (exact) mass is 318 g/mol. The van der Waals surface area contributed by atoms with Crippen LogP contribution in [0.3, 0.4) is 0 Å². The van der Waals surface area contributed by atoms with Gasteiger partial charge in [0.25, 0.3) is 0 Å². The third kappa shape index (κ3) is 6.69. The minimum absolute atomic E-state index is 0.120. The Bertz CT molecular complexity index is 591. The first-order valence-electron chi connectivity index (χ1n) is 7.32. The molecule has 0 bridgehead atoms. The summed E-state index contributed by atoms with van der Waals surface area (Å²) >= 11 is 0. The van der Waals surface area contributed by atoms with Crippen LogP contribution in [0.4, 0.5) is 14.9 Å². The van der Waals surface area contributed by atoms with Crippen LogP contribution in [0, 0.1) is 5.82 Å². The quantitative estimate of drug-likeness (QED) is 0.735. The van der Waals surface area contributed by atoms with Crippen LogP contribution in [-0.4, -0.2) is 32.4 Å². The molecule has 0 saturated heterocycles. The maximum atomic E-state index is 12.7. The fourth-order valence-electron chi connectivity index (χ4n) is 1.80. The van der Waals surface area contributed by atoms with Crippen molar-refractivity contribution in [1.82, 2.24) is 5.32 Å². The first-order chi connectivity index (χ1) is 11.2. The number of carbonyl (C=O) groups excluding carboxylic acids is 1. The van der Waals surface area contributed by atoms with Crippen LogP contribution in [0.2, 0.25) is 0 Å². The zero-order valence-electron chi connectivity index (χ0n) is 12.6. The van der Waals surface area contributed by atoms with Crippen LogP contribution in [0.1, 0.15) is 0 Å². The zero-order chi connectivity index (χ0) is 16.3. The van der Waals surface area contributed by atoms with Gasteiger partial charge in [-0.2, -0.15) is 0 Å². The number of alkyl carbamates (subject to hydrolysis) is 1. The molecule has 0 aromatic heterocycles. The molecule has 122 valence electrons. The molecule has 0 atom stereocenters. The van der Waals surface area contributed by atoms with Crippen LogP contribution >= 0.6 is 0 Å². The van der Waals surface area contributed by atoms with Crippen molar-refractivity contribution in [3.63, 3.8) is 0 Å². The number of halogens is 1. The number of nitrogens with one attached hydrogen (secondary N) is 2. The molecule has 6 heteroatoms. The van der Waals surface area contributed by atoms with E-state index in [0.29, 0.717) is 18.8 Å². The zero-order valence-corrected chi connectivity index (χ0v) is 12.6. The fourth-order valence-corrected chi connectivity index (χ4v) is 1.80. The average molecular weight is 318 g/mol. The van der Waals surface area contributed by atoms with Gasteiger partial charge in [-0.05, 0) is 36.4 Å². The molecule has 0 unspecified atom stereocenters. The Labute approximate surface area is 134 Å². The third-order valence-corrected chi connectivity index (χ3v) is 2.90. The maximum Gasteiger partial charge on any atom is 0.407 e. The van der Waals surface area contributed by atoms with E-state index in [9.17, 15) is 9.18 Å². The number of anilines is 1. The minimum atomic E-state index is -0.498. The van der Waals surface area contributed by atoms with Crippen molar-refractivity contribution in [3.8, 4) is 5.75 Å². The summed E-state index contributed by atoms with van der Waals surface area (Å²) in [6.45, 7) is 1.38. The average Bonchev–Trinajstić information content (AvgIpc) is 2.58. The van der Waals surface area contributed by atoms with Gasteiger partial charge >= 0.3 is 6.09 Å². The number of hydrogen-bond acceptors (Lipinski definition) is 4. The second kappa shape index (κ2) is 9.30. The van der Waals surface area contributed by atoms with Crippen molar-refractivity contribution in [2.45, 2.75) is 0 Å². The topological polar surface area (TPSA) is 59.6 Å². The number of amides is 1. The minimum Gasteiger partial charge on any atom is -0.490 e. The summed E-state index contributed by atoms with van der Waals surface area (Å²) in [6, 6.07) is 15.4. The molecule has 0 heterocycles. The molecule has 2 N–H and O–H groups in total. The molecule has 0 fully saturated rings. The molecular formula is C17H19FN2O3. The molecule has 2 rings (SSSR count). The highest BCUT2D eigenvalue weighted by Crippen LogP contribution is 2.10. The number of carbonyl (C=O) groups is 1. The maximum absolute atomic E-state index is 12.7. The van der Waals surface area contributed by atoms with Gasteiger partial charge in [0.05, 0.1) is 0 Å². The molecule has 0 aliphatic heterocycles. The van der Waals surface area contributed by atoms with Crippen molar-refractivity contribution in [1.29, 1.82) is 0 Å². The van der Waals surface area contributed by atoms with Crippen LogP contribution in [-0.2, 0) is 4.74 Å². The Kier molecular flexibility index (Phi) is 6.71. The van der Waals surface area contributed by atoms with E-state index in [2.05, 4.69) is 10.6 Å². The van der Waals surface area contributed by atoms with Crippen LogP contribution in [0.25, 0.3) is 0 Å². The van der Waals surface area contributed by atoms with Crippen LogP contribution in [0.5, 0.6) is 5.75 Å². The van der Waals surface area contributed by atoms with Crippen LogP contribution in [0.15, 0.2) is 54.6 Å². The van der Waals surface area contributed by atoms with Crippen LogP contribution < -0.4 is 15.4 Å². The van der Waals surface area contributed by atoms with E-state index in [1.807, 2.05) is 30.3 Å². The Morgan fingerprint density at radius 2 is 1.70 bits per heavy atom. The predicted octanol–water partition coefficient (Wildman–Crippen LogP) is 3.04. The predicted molar refractivity (Wildman–Crippen MR) is 86.2 cm³/mol. The fraction of sp³-hybridized carbons (Fsp3) is 0.235. The van der Waals surface area contributed by atoms with Gasteiger partial charge in [-0.3, -0.25) is 0 Å². The van der Waals surface area contributed by atoms with E-state index in [0.717, 1.165) is 5.69 Å². The summed E-state index contributed by atoms with van der Waals surface area (Å²) in [7, 11) is 0.